The van der Waals surface area contributed by atoms with Crippen LogP contribution in [0.4, 0.5) is 4.39 Å². The molecule has 1 heterocycles. The van der Waals surface area contributed by atoms with Gasteiger partial charge in [-0.15, -0.1) is 0 Å². The first-order valence-electron chi connectivity index (χ1n) is 8.51. The molecule has 1 aromatic carbocycles. The van der Waals surface area contributed by atoms with Crippen LogP contribution < -0.4 is 10.6 Å². The van der Waals surface area contributed by atoms with Crippen molar-refractivity contribution in [3.63, 3.8) is 0 Å². The minimum Gasteiger partial charge on any atom is -0.383 e. The lowest BCUT2D eigenvalue weighted by Crippen LogP contribution is -2.46. The second-order valence-corrected chi connectivity index (χ2v) is 6.53. The van der Waals surface area contributed by atoms with Gasteiger partial charge in [-0.1, -0.05) is 12.1 Å². The van der Waals surface area contributed by atoms with Crippen LogP contribution >= 0.6 is 0 Å². The second kappa shape index (κ2) is 9.11. The van der Waals surface area contributed by atoms with Crippen LogP contribution in [0.1, 0.15) is 25.8 Å². The third-order valence-electron chi connectivity index (χ3n) is 4.39. The van der Waals surface area contributed by atoms with Crippen molar-refractivity contribution in [2.75, 3.05) is 26.8 Å². The molecule has 0 unspecified atom stereocenters. The van der Waals surface area contributed by atoms with E-state index < -0.39 is 0 Å². The lowest BCUT2D eigenvalue weighted by atomic mass is 10.1. The SMILES string of the molecule is COCCNC(=O)[C@@H]1C[C@H](NCc2cccc(F)c2)CN1C(C)C. The minimum absolute atomic E-state index is 0.0517. The van der Waals surface area contributed by atoms with Crippen LogP contribution in [-0.4, -0.2) is 55.7 Å². The Hall–Kier alpha value is -1.50. The quantitative estimate of drug-likeness (QED) is 0.707. The Bertz CT molecular complexity index is 539. The zero-order chi connectivity index (χ0) is 17.5. The van der Waals surface area contributed by atoms with E-state index in [2.05, 4.69) is 29.4 Å². The van der Waals surface area contributed by atoms with E-state index in [0.717, 1.165) is 18.5 Å². The molecular weight excluding hydrogens is 309 g/mol. The molecular formula is C18H28FN3O2. The molecule has 5 nitrogen and oxygen atoms in total. The Labute approximate surface area is 143 Å². The van der Waals surface area contributed by atoms with Crippen LogP contribution in [0.5, 0.6) is 0 Å². The first-order valence-corrected chi connectivity index (χ1v) is 8.51. The molecule has 0 radical (unpaired) electrons. The van der Waals surface area contributed by atoms with E-state index in [4.69, 9.17) is 4.74 Å². The molecule has 0 spiro atoms. The monoisotopic (exact) mass is 337 g/mol. The van der Waals surface area contributed by atoms with Crippen molar-refractivity contribution in [3.05, 3.63) is 35.6 Å². The molecule has 0 aromatic heterocycles. The molecule has 134 valence electrons. The minimum atomic E-state index is -0.222. The van der Waals surface area contributed by atoms with E-state index in [9.17, 15) is 9.18 Å². The number of nitrogens with zero attached hydrogens (tertiary/aromatic N) is 1. The number of carbonyl (C=O) groups is 1. The van der Waals surface area contributed by atoms with Crippen LogP contribution in [0, 0.1) is 5.82 Å². The van der Waals surface area contributed by atoms with Gasteiger partial charge in [0.25, 0.3) is 0 Å². The van der Waals surface area contributed by atoms with Gasteiger partial charge in [0.2, 0.25) is 5.91 Å². The normalized spacial score (nSPS) is 21.4. The highest BCUT2D eigenvalue weighted by atomic mass is 19.1. The number of nitrogens with one attached hydrogen (secondary N) is 2. The molecule has 2 N–H and O–H groups in total. The number of hydrogen-bond donors (Lipinski definition) is 2. The smallest absolute Gasteiger partial charge is 0.237 e. The highest BCUT2D eigenvalue weighted by Crippen LogP contribution is 2.21. The van der Waals surface area contributed by atoms with Crippen LogP contribution in [0.25, 0.3) is 0 Å². The summed E-state index contributed by atoms with van der Waals surface area (Å²) in [5.74, 6) is -0.171. The van der Waals surface area contributed by atoms with Crippen molar-refractivity contribution in [3.8, 4) is 0 Å². The van der Waals surface area contributed by atoms with Gasteiger partial charge in [0.1, 0.15) is 5.82 Å². The fourth-order valence-corrected chi connectivity index (χ4v) is 3.14. The van der Waals surface area contributed by atoms with Gasteiger partial charge < -0.3 is 15.4 Å². The van der Waals surface area contributed by atoms with E-state index in [1.807, 2.05) is 6.07 Å². The van der Waals surface area contributed by atoms with Gasteiger partial charge >= 0.3 is 0 Å². The van der Waals surface area contributed by atoms with Crippen molar-refractivity contribution < 1.29 is 13.9 Å². The average molecular weight is 337 g/mol. The standard InChI is InChI=1S/C18H28FN3O2/c1-13(2)22-12-16(10-17(22)18(23)20-7-8-24-3)21-11-14-5-4-6-15(19)9-14/h4-6,9,13,16-17,21H,7-8,10-12H2,1-3H3,(H,20,23)/t16-,17-/m0/s1. The Kier molecular flexibility index (Phi) is 7.15. The third-order valence-corrected chi connectivity index (χ3v) is 4.39. The third kappa shape index (κ3) is 5.26. The number of halogens is 1. The van der Waals surface area contributed by atoms with Gasteiger partial charge in [-0.3, -0.25) is 9.69 Å². The Morgan fingerprint density at radius 1 is 1.46 bits per heavy atom. The first kappa shape index (κ1) is 18.8. The maximum atomic E-state index is 13.3. The molecule has 2 atom stereocenters. The van der Waals surface area contributed by atoms with Crippen molar-refractivity contribution >= 4 is 5.91 Å². The lowest BCUT2D eigenvalue weighted by molar-refractivity contribution is -0.126. The summed E-state index contributed by atoms with van der Waals surface area (Å²) in [5, 5.41) is 6.38. The molecule has 0 aliphatic carbocycles. The molecule has 6 heteroatoms. The maximum Gasteiger partial charge on any atom is 0.237 e. The molecule has 0 saturated carbocycles. The van der Waals surface area contributed by atoms with E-state index in [-0.39, 0.29) is 23.8 Å². The van der Waals surface area contributed by atoms with Gasteiger partial charge in [-0.05, 0) is 38.0 Å². The van der Waals surface area contributed by atoms with E-state index in [1.165, 1.54) is 12.1 Å². The average Bonchev–Trinajstić information content (AvgIpc) is 2.98. The van der Waals surface area contributed by atoms with E-state index in [0.29, 0.717) is 25.7 Å². The highest BCUT2D eigenvalue weighted by molar-refractivity contribution is 5.82. The molecule has 0 bridgehead atoms. The lowest BCUT2D eigenvalue weighted by Gasteiger charge is -2.27. The predicted molar refractivity (Wildman–Crippen MR) is 92.2 cm³/mol. The summed E-state index contributed by atoms with van der Waals surface area (Å²) in [4.78, 5) is 14.6. The summed E-state index contributed by atoms with van der Waals surface area (Å²) in [6, 6.07) is 6.98. The molecule has 1 aliphatic rings. The number of carbonyl (C=O) groups excluding carboxylic acids is 1. The van der Waals surface area contributed by atoms with Crippen molar-refractivity contribution in [1.82, 2.24) is 15.5 Å². The number of likely N-dealkylation sites (tertiary alicyclic amines) is 1. The van der Waals surface area contributed by atoms with Crippen LogP contribution in [0.15, 0.2) is 24.3 Å². The number of rotatable bonds is 8. The predicted octanol–water partition coefficient (Wildman–Crippen LogP) is 1.53. The van der Waals surface area contributed by atoms with E-state index >= 15 is 0 Å². The van der Waals surface area contributed by atoms with Gasteiger partial charge in [0, 0.05) is 38.8 Å². The first-order chi connectivity index (χ1) is 11.5. The molecule has 2 rings (SSSR count). The Balaban J connectivity index is 1.90. The summed E-state index contributed by atoms with van der Waals surface area (Å²) in [7, 11) is 1.62. The summed E-state index contributed by atoms with van der Waals surface area (Å²) in [6.45, 7) is 6.66. The van der Waals surface area contributed by atoms with Crippen LogP contribution in [-0.2, 0) is 16.1 Å². The molecule has 1 saturated heterocycles. The molecule has 1 fully saturated rings. The number of hydrogen-bond acceptors (Lipinski definition) is 4. The van der Waals surface area contributed by atoms with Gasteiger partial charge in [-0.25, -0.2) is 4.39 Å². The number of amides is 1. The Morgan fingerprint density at radius 3 is 2.92 bits per heavy atom. The van der Waals surface area contributed by atoms with Crippen LogP contribution in [0.2, 0.25) is 0 Å². The number of methoxy groups -OCH3 is 1. The second-order valence-electron chi connectivity index (χ2n) is 6.53. The van der Waals surface area contributed by atoms with Gasteiger partial charge in [0.15, 0.2) is 0 Å². The molecule has 24 heavy (non-hydrogen) atoms. The molecule has 1 amide bonds. The fourth-order valence-electron chi connectivity index (χ4n) is 3.14. The topological polar surface area (TPSA) is 53.6 Å². The number of benzene rings is 1. The summed E-state index contributed by atoms with van der Waals surface area (Å²) in [5.41, 5.74) is 0.916. The van der Waals surface area contributed by atoms with E-state index in [1.54, 1.807) is 13.2 Å². The van der Waals surface area contributed by atoms with Crippen molar-refractivity contribution in [2.24, 2.45) is 0 Å². The summed E-state index contributed by atoms with van der Waals surface area (Å²) >= 11 is 0. The maximum absolute atomic E-state index is 13.3. The van der Waals surface area contributed by atoms with Crippen LogP contribution in [0.3, 0.4) is 0 Å². The largest absolute Gasteiger partial charge is 0.383 e. The van der Waals surface area contributed by atoms with Crippen molar-refractivity contribution in [1.29, 1.82) is 0 Å². The Morgan fingerprint density at radius 2 is 2.25 bits per heavy atom. The molecule has 1 aromatic rings. The van der Waals surface area contributed by atoms with Gasteiger partial charge in [-0.2, -0.15) is 0 Å². The fraction of sp³-hybridized carbons (Fsp3) is 0.611. The van der Waals surface area contributed by atoms with Crippen molar-refractivity contribution in [2.45, 2.75) is 44.9 Å². The summed E-state index contributed by atoms with van der Waals surface area (Å²) < 4.78 is 18.2. The molecule has 1 aliphatic heterocycles. The summed E-state index contributed by atoms with van der Waals surface area (Å²) in [6.07, 6.45) is 0.756. The zero-order valence-electron chi connectivity index (χ0n) is 14.7. The highest BCUT2D eigenvalue weighted by Gasteiger charge is 2.37. The zero-order valence-corrected chi connectivity index (χ0v) is 14.7. The number of ether oxygens (including phenoxy) is 1. The van der Waals surface area contributed by atoms with Gasteiger partial charge in [0.05, 0.1) is 12.6 Å².